The van der Waals surface area contributed by atoms with Crippen LogP contribution in [0.15, 0.2) is 59.6 Å². The van der Waals surface area contributed by atoms with Crippen LogP contribution in [0, 0.1) is 0 Å². The van der Waals surface area contributed by atoms with Crippen molar-refractivity contribution < 1.29 is 4.42 Å². The lowest BCUT2D eigenvalue weighted by Gasteiger charge is -1.92. The van der Waals surface area contributed by atoms with E-state index in [0.717, 1.165) is 23.1 Å². The lowest BCUT2D eigenvalue weighted by atomic mass is 10.2. The molecular weight excluding hydrogens is 224 g/mol. The molecule has 0 bridgehead atoms. The molecule has 0 spiro atoms. The average Bonchev–Trinajstić information content (AvgIpc) is 3.08. The van der Waals surface area contributed by atoms with Crippen molar-refractivity contribution in [3.05, 3.63) is 66.5 Å². The smallest absolute Gasteiger partial charge is 0.136 e. The molecule has 3 aromatic heterocycles. The summed E-state index contributed by atoms with van der Waals surface area (Å²) in [5.74, 6) is 0. The van der Waals surface area contributed by atoms with Crippen LogP contribution in [-0.2, 0) is 6.42 Å². The molecule has 0 saturated carbocycles. The molecule has 88 valence electrons. The van der Waals surface area contributed by atoms with E-state index in [1.807, 2.05) is 24.4 Å². The maximum atomic E-state index is 5.08. The summed E-state index contributed by atoms with van der Waals surface area (Å²) in [5, 5.41) is 1.05. The lowest BCUT2D eigenvalue weighted by Crippen LogP contribution is -1.82. The third-order valence-electron chi connectivity index (χ3n) is 2.79. The summed E-state index contributed by atoms with van der Waals surface area (Å²) in [4.78, 5) is 8.10. The molecule has 1 aliphatic carbocycles. The summed E-state index contributed by atoms with van der Waals surface area (Å²) >= 11 is 0. The van der Waals surface area contributed by atoms with Gasteiger partial charge in [-0.05, 0) is 36.3 Å². The first-order chi connectivity index (χ1) is 8.93. The Morgan fingerprint density at radius 3 is 3.00 bits per heavy atom. The Balaban J connectivity index is 0.000000111. The molecule has 1 aliphatic rings. The third-order valence-corrected chi connectivity index (χ3v) is 2.79. The first-order valence-corrected chi connectivity index (χ1v) is 5.81. The molecule has 3 aromatic rings. The minimum atomic E-state index is 0.894. The van der Waals surface area contributed by atoms with E-state index in [1.54, 1.807) is 18.7 Å². The van der Waals surface area contributed by atoms with Gasteiger partial charge in [0.05, 0.1) is 12.0 Å². The average molecular weight is 236 g/mol. The van der Waals surface area contributed by atoms with Crippen LogP contribution in [0.5, 0.6) is 0 Å². The Morgan fingerprint density at radius 2 is 2.11 bits per heavy atom. The van der Waals surface area contributed by atoms with Gasteiger partial charge in [0.25, 0.3) is 0 Å². The molecule has 3 heterocycles. The highest BCUT2D eigenvalue weighted by atomic mass is 16.3. The minimum Gasteiger partial charge on any atom is -0.464 e. The fourth-order valence-electron chi connectivity index (χ4n) is 1.88. The van der Waals surface area contributed by atoms with Gasteiger partial charge in [-0.25, -0.2) is 0 Å². The standard InChI is InChI=1S/C8H7N.C7H5NO/c1-3-7-4-2-6-9-8(7)5-1;1-3-8-5-6-2-4-9-7(1)6/h1-2,4-6H,3H2;1-5H. The Hall–Kier alpha value is -2.42. The number of aromatic nitrogens is 2. The van der Waals surface area contributed by atoms with E-state index >= 15 is 0 Å². The zero-order valence-electron chi connectivity index (χ0n) is 9.78. The number of rotatable bonds is 0. The van der Waals surface area contributed by atoms with Crippen LogP contribution in [0.25, 0.3) is 17.0 Å². The number of hydrogen-bond acceptors (Lipinski definition) is 3. The van der Waals surface area contributed by atoms with E-state index in [4.69, 9.17) is 4.42 Å². The second kappa shape index (κ2) is 4.84. The van der Waals surface area contributed by atoms with Gasteiger partial charge in [-0.2, -0.15) is 0 Å². The van der Waals surface area contributed by atoms with Crippen LogP contribution in [0.2, 0.25) is 0 Å². The molecule has 0 amide bonds. The van der Waals surface area contributed by atoms with Gasteiger partial charge in [0.2, 0.25) is 0 Å². The van der Waals surface area contributed by atoms with Gasteiger partial charge >= 0.3 is 0 Å². The molecule has 0 radical (unpaired) electrons. The Bertz CT molecular complexity index is 655. The second-order valence-corrected chi connectivity index (χ2v) is 3.99. The fourth-order valence-corrected chi connectivity index (χ4v) is 1.88. The summed E-state index contributed by atoms with van der Waals surface area (Å²) in [5.41, 5.74) is 3.38. The molecule has 3 nitrogen and oxygen atoms in total. The van der Waals surface area contributed by atoms with E-state index in [9.17, 15) is 0 Å². The number of pyridine rings is 2. The summed E-state index contributed by atoms with van der Waals surface area (Å²) in [6.07, 6.45) is 12.2. The highest BCUT2D eigenvalue weighted by molar-refractivity contribution is 5.75. The largest absolute Gasteiger partial charge is 0.464 e. The lowest BCUT2D eigenvalue weighted by molar-refractivity contribution is 0.615. The molecule has 4 rings (SSSR count). The first kappa shape index (κ1) is 10.7. The monoisotopic (exact) mass is 236 g/mol. The molecule has 0 aromatic carbocycles. The van der Waals surface area contributed by atoms with Crippen molar-refractivity contribution >= 4 is 17.0 Å². The summed E-state index contributed by atoms with van der Waals surface area (Å²) < 4.78 is 5.08. The third kappa shape index (κ3) is 2.15. The Morgan fingerprint density at radius 1 is 1.11 bits per heavy atom. The van der Waals surface area contributed by atoms with E-state index < -0.39 is 0 Å². The summed E-state index contributed by atoms with van der Waals surface area (Å²) in [7, 11) is 0. The molecule has 3 heteroatoms. The minimum absolute atomic E-state index is 0.894. The molecule has 0 unspecified atom stereocenters. The zero-order valence-corrected chi connectivity index (χ0v) is 9.78. The van der Waals surface area contributed by atoms with Crippen molar-refractivity contribution in [2.75, 3.05) is 0 Å². The van der Waals surface area contributed by atoms with E-state index in [-0.39, 0.29) is 0 Å². The van der Waals surface area contributed by atoms with Crippen LogP contribution in [-0.4, -0.2) is 9.97 Å². The van der Waals surface area contributed by atoms with Crippen molar-refractivity contribution in [1.29, 1.82) is 0 Å². The normalized spacial score (nSPS) is 12.0. The fraction of sp³-hybridized carbons (Fsp3) is 0.0667. The summed E-state index contributed by atoms with van der Waals surface area (Å²) in [6.45, 7) is 0. The Kier molecular flexibility index (Phi) is 2.88. The topological polar surface area (TPSA) is 38.9 Å². The van der Waals surface area contributed by atoms with Crippen LogP contribution >= 0.6 is 0 Å². The van der Waals surface area contributed by atoms with Crippen molar-refractivity contribution in [1.82, 2.24) is 9.97 Å². The SMILES string of the molecule is C1=Cc2ncccc2C1.c1cc2occc2cn1. The maximum absolute atomic E-state index is 5.08. The number of allylic oxidation sites excluding steroid dienone is 1. The van der Waals surface area contributed by atoms with Crippen molar-refractivity contribution in [2.24, 2.45) is 0 Å². The van der Waals surface area contributed by atoms with Crippen LogP contribution in [0.3, 0.4) is 0 Å². The molecule has 0 atom stereocenters. The number of furan rings is 1. The molecule has 0 N–H and O–H groups in total. The molecule has 0 saturated heterocycles. The summed E-state index contributed by atoms with van der Waals surface area (Å²) in [6, 6.07) is 7.83. The molecule has 18 heavy (non-hydrogen) atoms. The van der Waals surface area contributed by atoms with Crippen LogP contribution in [0.1, 0.15) is 11.3 Å². The quantitative estimate of drug-likeness (QED) is 0.599. The maximum Gasteiger partial charge on any atom is 0.136 e. The zero-order chi connectivity index (χ0) is 12.2. The highest BCUT2D eigenvalue weighted by Crippen LogP contribution is 2.14. The molecular formula is C15H12N2O. The molecule has 0 aliphatic heterocycles. The molecule has 0 fully saturated rings. The van der Waals surface area contributed by atoms with Crippen LogP contribution < -0.4 is 0 Å². The predicted molar refractivity (Wildman–Crippen MR) is 71.0 cm³/mol. The number of hydrogen-bond donors (Lipinski definition) is 0. The number of fused-ring (bicyclic) bond motifs is 2. The van der Waals surface area contributed by atoms with E-state index in [0.29, 0.717) is 0 Å². The van der Waals surface area contributed by atoms with Crippen molar-refractivity contribution in [2.45, 2.75) is 6.42 Å². The first-order valence-electron chi connectivity index (χ1n) is 5.81. The van der Waals surface area contributed by atoms with E-state index in [1.165, 1.54) is 5.56 Å². The second-order valence-electron chi connectivity index (χ2n) is 3.99. The van der Waals surface area contributed by atoms with Crippen LogP contribution in [0.4, 0.5) is 0 Å². The van der Waals surface area contributed by atoms with Gasteiger partial charge < -0.3 is 4.42 Å². The van der Waals surface area contributed by atoms with Crippen molar-refractivity contribution in [3.8, 4) is 0 Å². The van der Waals surface area contributed by atoms with Gasteiger partial charge in [-0.15, -0.1) is 0 Å². The van der Waals surface area contributed by atoms with Gasteiger partial charge in [-0.3, -0.25) is 9.97 Å². The van der Waals surface area contributed by atoms with Gasteiger partial charge in [0, 0.05) is 24.0 Å². The van der Waals surface area contributed by atoms with Gasteiger partial charge in [0.15, 0.2) is 0 Å². The van der Waals surface area contributed by atoms with Gasteiger partial charge in [0.1, 0.15) is 5.58 Å². The van der Waals surface area contributed by atoms with Gasteiger partial charge in [-0.1, -0.05) is 12.1 Å². The Labute approximate surface area is 105 Å². The van der Waals surface area contributed by atoms with Crippen molar-refractivity contribution in [3.63, 3.8) is 0 Å². The van der Waals surface area contributed by atoms with E-state index in [2.05, 4.69) is 28.2 Å². The number of nitrogens with zero attached hydrogens (tertiary/aromatic N) is 2. The predicted octanol–water partition coefficient (Wildman–Crippen LogP) is 3.48. The highest BCUT2D eigenvalue weighted by Gasteiger charge is 2.02.